The van der Waals surface area contributed by atoms with Gasteiger partial charge >= 0.3 is 0 Å². The highest BCUT2D eigenvalue weighted by atomic mass is 16.7. The molecule has 5 heteroatoms. The second-order valence-corrected chi connectivity index (χ2v) is 4.86. The van der Waals surface area contributed by atoms with Crippen LogP contribution in [0.2, 0.25) is 0 Å². The number of nitrogens with one attached hydrogen (secondary N) is 2. The first-order valence-corrected chi connectivity index (χ1v) is 6.71. The molecule has 0 amide bonds. The van der Waals surface area contributed by atoms with Gasteiger partial charge in [-0.05, 0) is 37.0 Å². The molecule has 1 aliphatic heterocycles. The molecule has 1 aliphatic carbocycles. The summed E-state index contributed by atoms with van der Waals surface area (Å²) in [4.78, 5) is 4.21. The zero-order chi connectivity index (χ0) is 13.1. The predicted octanol–water partition coefficient (Wildman–Crippen LogP) is 1.29. The molecule has 5 nitrogen and oxygen atoms in total. The Bertz CT molecular complexity index is 484. The summed E-state index contributed by atoms with van der Waals surface area (Å²) in [7, 11) is 1.80. The number of aliphatic imine (C=N–C) groups is 1. The lowest BCUT2D eigenvalue weighted by Crippen LogP contribution is -2.39. The zero-order valence-electron chi connectivity index (χ0n) is 11.1. The molecule has 19 heavy (non-hydrogen) atoms. The Balaban J connectivity index is 1.48. The first-order valence-electron chi connectivity index (χ1n) is 6.71. The lowest BCUT2D eigenvalue weighted by molar-refractivity contribution is 0.174. The van der Waals surface area contributed by atoms with Gasteiger partial charge in [-0.1, -0.05) is 6.07 Å². The van der Waals surface area contributed by atoms with Gasteiger partial charge in [0.15, 0.2) is 17.5 Å². The average Bonchev–Trinajstić information content (AvgIpc) is 3.12. The summed E-state index contributed by atoms with van der Waals surface area (Å²) in [5.41, 5.74) is 1.23. The fraction of sp³-hybridized carbons (Fsp3) is 0.500. The molecule has 0 spiro atoms. The van der Waals surface area contributed by atoms with E-state index < -0.39 is 0 Å². The summed E-state index contributed by atoms with van der Waals surface area (Å²) in [5.74, 6) is 2.57. The van der Waals surface area contributed by atoms with Crippen LogP contribution in [0, 0.1) is 0 Å². The quantitative estimate of drug-likeness (QED) is 0.633. The van der Waals surface area contributed by atoms with Crippen molar-refractivity contribution < 1.29 is 9.47 Å². The number of ether oxygens (including phenoxy) is 2. The van der Waals surface area contributed by atoms with Crippen molar-refractivity contribution in [2.45, 2.75) is 25.3 Å². The van der Waals surface area contributed by atoms with Crippen LogP contribution in [0.1, 0.15) is 18.4 Å². The Labute approximate surface area is 113 Å². The van der Waals surface area contributed by atoms with Crippen molar-refractivity contribution in [2.24, 2.45) is 4.99 Å². The summed E-state index contributed by atoms with van der Waals surface area (Å²) < 4.78 is 10.7. The molecule has 2 N–H and O–H groups in total. The van der Waals surface area contributed by atoms with Crippen LogP contribution >= 0.6 is 0 Å². The van der Waals surface area contributed by atoms with Gasteiger partial charge in [-0.2, -0.15) is 0 Å². The first kappa shape index (κ1) is 12.1. The van der Waals surface area contributed by atoms with Crippen molar-refractivity contribution in [3.63, 3.8) is 0 Å². The van der Waals surface area contributed by atoms with Gasteiger partial charge in [0.05, 0.1) is 0 Å². The third-order valence-corrected chi connectivity index (χ3v) is 3.28. The highest BCUT2D eigenvalue weighted by Gasteiger charge is 2.21. The zero-order valence-corrected chi connectivity index (χ0v) is 11.1. The van der Waals surface area contributed by atoms with Gasteiger partial charge in [0.1, 0.15) is 0 Å². The minimum atomic E-state index is 0.328. The average molecular weight is 261 g/mol. The molecule has 0 saturated heterocycles. The molecule has 102 valence electrons. The van der Waals surface area contributed by atoms with Crippen LogP contribution in [0.25, 0.3) is 0 Å². The van der Waals surface area contributed by atoms with Crippen LogP contribution in [0.5, 0.6) is 11.5 Å². The maximum atomic E-state index is 5.37. The second-order valence-electron chi connectivity index (χ2n) is 4.86. The van der Waals surface area contributed by atoms with Gasteiger partial charge < -0.3 is 20.1 Å². The Morgan fingerprint density at radius 3 is 2.95 bits per heavy atom. The van der Waals surface area contributed by atoms with Crippen LogP contribution in [-0.2, 0) is 6.42 Å². The number of guanidine groups is 1. The van der Waals surface area contributed by atoms with Crippen molar-refractivity contribution in [3.05, 3.63) is 23.8 Å². The van der Waals surface area contributed by atoms with Crippen molar-refractivity contribution in [2.75, 3.05) is 20.4 Å². The summed E-state index contributed by atoms with van der Waals surface area (Å²) in [6.45, 7) is 1.18. The molecule has 3 rings (SSSR count). The third kappa shape index (κ3) is 3.10. The van der Waals surface area contributed by atoms with Gasteiger partial charge in [-0.15, -0.1) is 0 Å². The lowest BCUT2D eigenvalue weighted by Gasteiger charge is -2.11. The standard InChI is InChI=1S/C14H19N3O2/c1-15-14(17-11-3-4-11)16-7-6-10-2-5-12-13(8-10)19-9-18-12/h2,5,8,11H,3-4,6-7,9H2,1H3,(H2,15,16,17). The molecular weight excluding hydrogens is 242 g/mol. The summed E-state index contributed by atoms with van der Waals surface area (Å²) >= 11 is 0. The Hall–Kier alpha value is -1.91. The molecule has 1 aromatic carbocycles. The minimum Gasteiger partial charge on any atom is -0.454 e. The largest absolute Gasteiger partial charge is 0.454 e. The van der Waals surface area contributed by atoms with Gasteiger partial charge in [0.2, 0.25) is 6.79 Å². The van der Waals surface area contributed by atoms with E-state index in [1.165, 1.54) is 18.4 Å². The molecule has 1 fully saturated rings. The van der Waals surface area contributed by atoms with Crippen LogP contribution in [0.15, 0.2) is 23.2 Å². The van der Waals surface area contributed by atoms with Gasteiger partial charge in [0.25, 0.3) is 0 Å². The number of hydrogen-bond acceptors (Lipinski definition) is 3. The van der Waals surface area contributed by atoms with Gasteiger partial charge in [-0.3, -0.25) is 4.99 Å². The summed E-state index contributed by atoms with van der Waals surface area (Å²) in [6, 6.07) is 6.71. The smallest absolute Gasteiger partial charge is 0.231 e. The molecule has 1 saturated carbocycles. The number of hydrogen-bond donors (Lipinski definition) is 2. The molecule has 0 aromatic heterocycles. The fourth-order valence-electron chi connectivity index (χ4n) is 2.04. The van der Waals surface area contributed by atoms with Crippen LogP contribution < -0.4 is 20.1 Å². The van der Waals surface area contributed by atoms with Crippen molar-refractivity contribution in [1.29, 1.82) is 0 Å². The number of nitrogens with zero attached hydrogens (tertiary/aromatic N) is 1. The normalized spacial score (nSPS) is 17.4. The lowest BCUT2D eigenvalue weighted by atomic mass is 10.1. The Morgan fingerprint density at radius 1 is 1.32 bits per heavy atom. The van der Waals surface area contributed by atoms with E-state index in [0.29, 0.717) is 12.8 Å². The molecule has 1 heterocycles. The first-order chi connectivity index (χ1) is 9.35. The van der Waals surface area contributed by atoms with E-state index >= 15 is 0 Å². The maximum Gasteiger partial charge on any atom is 0.231 e. The van der Waals surface area contributed by atoms with E-state index in [1.807, 2.05) is 12.1 Å². The predicted molar refractivity (Wildman–Crippen MR) is 73.8 cm³/mol. The third-order valence-electron chi connectivity index (χ3n) is 3.28. The van der Waals surface area contributed by atoms with Crippen molar-refractivity contribution >= 4 is 5.96 Å². The molecule has 2 aliphatic rings. The highest BCUT2D eigenvalue weighted by Crippen LogP contribution is 2.32. The summed E-state index contributed by atoms with van der Waals surface area (Å²) in [6.07, 6.45) is 3.44. The van der Waals surface area contributed by atoms with E-state index in [1.54, 1.807) is 7.05 Å². The van der Waals surface area contributed by atoms with Crippen molar-refractivity contribution in [3.8, 4) is 11.5 Å². The molecule has 0 radical (unpaired) electrons. The molecule has 0 atom stereocenters. The topological polar surface area (TPSA) is 54.9 Å². The van der Waals surface area contributed by atoms with Crippen LogP contribution in [-0.4, -0.2) is 32.4 Å². The highest BCUT2D eigenvalue weighted by molar-refractivity contribution is 5.80. The van der Waals surface area contributed by atoms with Gasteiger partial charge in [-0.25, -0.2) is 0 Å². The van der Waals surface area contributed by atoms with Crippen LogP contribution in [0.4, 0.5) is 0 Å². The molecule has 0 bridgehead atoms. The Morgan fingerprint density at radius 2 is 2.16 bits per heavy atom. The number of benzene rings is 1. The molecular formula is C14H19N3O2. The molecule has 0 unspecified atom stereocenters. The van der Waals surface area contributed by atoms with Crippen LogP contribution in [0.3, 0.4) is 0 Å². The van der Waals surface area contributed by atoms with E-state index in [0.717, 1.165) is 30.4 Å². The van der Waals surface area contributed by atoms with Gasteiger partial charge in [0, 0.05) is 19.6 Å². The second kappa shape index (κ2) is 5.38. The monoisotopic (exact) mass is 261 g/mol. The summed E-state index contributed by atoms with van der Waals surface area (Å²) in [5, 5.41) is 6.69. The molecule has 1 aromatic rings. The van der Waals surface area contributed by atoms with E-state index in [9.17, 15) is 0 Å². The van der Waals surface area contributed by atoms with E-state index in [4.69, 9.17) is 9.47 Å². The van der Waals surface area contributed by atoms with E-state index in [-0.39, 0.29) is 0 Å². The Kier molecular flexibility index (Phi) is 3.44. The maximum absolute atomic E-state index is 5.37. The van der Waals surface area contributed by atoms with Crippen molar-refractivity contribution in [1.82, 2.24) is 10.6 Å². The fourth-order valence-corrected chi connectivity index (χ4v) is 2.04. The number of rotatable bonds is 4. The minimum absolute atomic E-state index is 0.328. The van der Waals surface area contributed by atoms with E-state index in [2.05, 4.69) is 21.7 Å². The number of fused-ring (bicyclic) bond motifs is 1. The SMILES string of the molecule is CN=C(NCCc1ccc2c(c1)OCO2)NC1CC1.